The average Bonchev–Trinajstić information content (AvgIpc) is 3.53. The number of hydrogen-bond acceptors (Lipinski definition) is 4. The van der Waals surface area contributed by atoms with E-state index in [-0.39, 0.29) is 17.8 Å². The van der Waals surface area contributed by atoms with E-state index in [1.54, 1.807) is 29.4 Å². The summed E-state index contributed by atoms with van der Waals surface area (Å²) in [5, 5.41) is 7.66. The number of nitrogens with zero attached hydrogens (tertiary/aromatic N) is 5. The summed E-state index contributed by atoms with van der Waals surface area (Å²) in [6.07, 6.45) is 5.40. The van der Waals surface area contributed by atoms with E-state index in [0.717, 1.165) is 29.9 Å². The lowest BCUT2D eigenvalue weighted by Gasteiger charge is -2.25. The number of rotatable bonds is 5. The van der Waals surface area contributed by atoms with Crippen molar-refractivity contribution >= 4 is 5.91 Å². The Labute approximate surface area is 185 Å². The highest BCUT2D eigenvalue weighted by Crippen LogP contribution is 2.32. The SMILES string of the molecule is O=C(c1cccc(-n2cnnc2)c1)N1CCCC1c1cccc(Cc2ccccc2F)n1. The lowest BCUT2D eigenvalue weighted by atomic mass is 10.1. The molecular weight excluding hydrogens is 405 g/mol. The molecule has 2 aromatic carbocycles. The fraction of sp³-hybridized carbons (Fsp3) is 0.200. The van der Waals surface area contributed by atoms with Crippen LogP contribution in [-0.4, -0.2) is 37.1 Å². The second kappa shape index (κ2) is 8.70. The smallest absolute Gasteiger partial charge is 0.254 e. The lowest BCUT2D eigenvalue weighted by molar-refractivity contribution is 0.0732. The molecule has 6 nitrogen and oxygen atoms in total. The number of pyridine rings is 1. The van der Waals surface area contributed by atoms with Crippen LogP contribution in [0.15, 0.2) is 79.4 Å². The zero-order valence-corrected chi connectivity index (χ0v) is 17.4. The number of carbonyl (C=O) groups is 1. The molecule has 1 fully saturated rings. The largest absolute Gasteiger partial charge is 0.330 e. The van der Waals surface area contributed by atoms with E-state index in [4.69, 9.17) is 4.98 Å². The summed E-state index contributed by atoms with van der Waals surface area (Å²) in [5.74, 6) is -0.255. The summed E-state index contributed by atoms with van der Waals surface area (Å²) >= 11 is 0. The molecule has 4 aromatic rings. The van der Waals surface area contributed by atoms with Crippen molar-refractivity contribution in [1.82, 2.24) is 24.6 Å². The third kappa shape index (κ3) is 4.01. The van der Waals surface area contributed by atoms with Gasteiger partial charge in [-0.25, -0.2) is 4.39 Å². The first-order valence-electron chi connectivity index (χ1n) is 10.6. The third-order valence-electron chi connectivity index (χ3n) is 5.82. The standard InChI is InChI=1S/C25H22FN5O/c26-22-10-2-1-6-18(22)14-20-8-4-11-23(29-20)24-12-5-13-31(24)25(32)19-7-3-9-21(15-19)30-16-27-28-17-30/h1-4,6-11,15-17,24H,5,12-14H2. The summed E-state index contributed by atoms with van der Waals surface area (Å²) in [6, 6.07) is 19.9. The van der Waals surface area contributed by atoms with Crippen LogP contribution in [0.5, 0.6) is 0 Å². The first-order chi connectivity index (χ1) is 15.7. The molecule has 5 rings (SSSR count). The van der Waals surface area contributed by atoms with Gasteiger partial charge < -0.3 is 4.90 Å². The zero-order valence-electron chi connectivity index (χ0n) is 17.4. The first-order valence-corrected chi connectivity index (χ1v) is 10.6. The van der Waals surface area contributed by atoms with Crippen LogP contribution in [0.3, 0.4) is 0 Å². The molecule has 2 aromatic heterocycles. The summed E-state index contributed by atoms with van der Waals surface area (Å²) in [5.41, 5.74) is 3.70. The van der Waals surface area contributed by atoms with E-state index in [1.807, 2.05) is 53.4 Å². The number of aromatic nitrogens is 4. The molecule has 160 valence electrons. The van der Waals surface area contributed by atoms with Gasteiger partial charge in [-0.2, -0.15) is 0 Å². The molecule has 1 atom stereocenters. The number of amides is 1. The summed E-state index contributed by atoms with van der Waals surface area (Å²) in [7, 11) is 0. The van der Waals surface area contributed by atoms with Crippen LogP contribution in [0.1, 0.15) is 46.2 Å². The Kier molecular flexibility index (Phi) is 5.46. The van der Waals surface area contributed by atoms with Gasteiger partial charge in [-0.3, -0.25) is 14.3 Å². The Morgan fingerprint density at radius 2 is 1.81 bits per heavy atom. The van der Waals surface area contributed by atoms with Gasteiger partial charge in [-0.05, 0) is 54.8 Å². The Balaban J connectivity index is 1.39. The summed E-state index contributed by atoms with van der Waals surface area (Å²) in [4.78, 5) is 20.1. The molecular formula is C25H22FN5O. The molecule has 0 aliphatic carbocycles. The van der Waals surface area contributed by atoms with Crippen LogP contribution >= 0.6 is 0 Å². The van der Waals surface area contributed by atoms with Gasteiger partial charge in [-0.1, -0.05) is 30.3 Å². The van der Waals surface area contributed by atoms with Crippen LogP contribution in [-0.2, 0) is 6.42 Å². The number of carbonyl (C=O) groups excluding carboxylic acids is 1. The van der Waals surface area contributed by atoms with Crippen molar-refractivity contribution in [2.45, 2.75) is 25.3 Å². The summed E-state index contributed by atoms with van der Waals surface area (Å²) < 4.78 is 15.8. The Morgan fingerprint density at radius 3 is 2.66 bits per heavy atom. The molecule has 3 heterocycles. The Hall–Kier alpha value is -3.87. The molecule has 32 heavy (non-hydrogen) atoms. The molecule has 1 aliphatic heterocycles. The molecule has 0 N–H and O–H groups in total. The molecule has 1 unspecified atom stereocenters. The van der Waals surface area contributed by atoms with Gasteiger partial charge in [0.25, 0.3) is 5.91 Å². The van der Waals surface area contributed by atoms with Crippen molar-refractivity contribution in [2.75, 3.05) is 6.54 Å². The van der Waals surface area contributed by atoms with Crippen molar-refractivity contribution in [1.29, 1.82) is 0 Å². The number of likely N-dealkylation sites (tertiary alicyclic amines) is 1. The molecule has 0 spiro atoms. The monoisotopic (exact) mass is 427 g/mol. The van der Waals surface area contributed by atoms with Gasteiger partial charge >= 0.3 is 0 Å². The van der Waals surface area contributed by atoms with Crippen molar-refractivity contribution in [3.63, 3.8) is 0 Å². The van der Waals surface area contributed by atoms with Crippen LogP contribution in [0, 0.1) is 5.82 Å². The van der Waals surface area contributed by atoms with Crippen LogP contribution in [0.4, 0.5) is 4.39 Å². The first kappa shape index (κ1) is 20.1. The highest BCUT2D eigenvalue weighted by Gasteiger charge is 2.31. The maximum absolute atomic E-state index is 14.1. The number of hydrogen-bond donors (Lipinski definition) is 0. The quantitative estimate of drug-likeness (QED) is 0.475. The topological polar surface area (TPSA) is 63.9 Å². The second-order valence-electron chi connectivity index (χ2n) is 7.90. The third-order valence-corrected chi connectivity index (χ3v) is 5.82. The molecule has 0 bridgehead atoms. The van der Waals surface area contributed by atoms with E-state index in [0.29, 0.717) is 24.1 Å². The minimum atomic E-state index is -0.231. The van der Waals surface area contributed by atoms with E-state index in [9.17, 15) is 9.18 Å². The van der Waals surface area contributed by atoms with Crippen molar-refractivity contribution < 1.29 is 9.18 Å². The predicted octanol–water partition coefficient (Wildman–Crippen LogP) is 4.37. The number of benzene rings is 2. The second-order valence-corrected chi connectivity index (χ2v) is 7.90. The van der Waals surface area contributed by atoms with E-state index < -0.39 is 0 Å². The van der Waals surface area contributed by atoms with E-state index >= 15 is 0 Å². The van der Waals surface area contributed by atoms with Crippen LogP contribution in [0.25, 0.3) is 5.69 Å². The molecule has 1 aliphatic rings. The highest BCUT2D eigenvalue weighted by molar-refractivity contribution is 5.95. The van der Waals surface area contributed by atoms with E-state index in [2.05, 4.69) is 10.2 Å². The lowest BCUT2D eigenvalue weighted by Crippen LogP contribution is -2.31. The molecule has 1 saturated heterocycles. The van der Waals surface area contributed by atoms with Crippen molar-refractivity contribution in [3.05, 3.63) is 108 Å². The Morgan fingerprint density at radius 1 is 1.00 bits per heavy atom. The highest BCUT2D eigenvalue weighted by atomic mass is 19.1. The van der Waals surface area contributed by atoms with Gasteiger partial charge in [0.2, 0.25) is 0 Å². The maximum atomic E-state index is 14.1. The van der Waals surface area contributed by atoms with Gasteiger partial charge in [0, 0.05) is 29.9 Å². The van der Waals surface area contributed by atoms with Crippen molar-refractivity contribution in [2.24, 2.45) is 0 Å². The normalized spacial score (nSPS) is 15.8. The summed E-state index contributed by atoms with van der Waals surface area (Å²) in [6.45, 7) is 0.680. The zero-order chi connectivity index (χ0) is 21.9. The van der Waals surface area contributed by atoms with E-state index in [1.165, 1.54) is 6.07 Å². The minimum Gasteiger partial charge on any atom is -0.330 e. The molecule has 7 heteroatoms. The fourth-order valence-corrected chi connectivity index (χ4v) is 4.24. The van der Waals surface area contributed by atoms with Gasteiger partial charge in [0.05, 0.1) is 11.7 Å². The van der Waals surface area contributed by atoms with Crippen LogP contribution < -0.4 is 0 Å². The molecule has 1 amide bonds. The molecule has 0 radical (unpaired) electrons. The minimum absolute atomic E-state index is 0.0243. The van der Waals surface area contributed by atoms with Crippen LogP contribution in [0.2, 0.25) is 0 Å². The average molecular weight is 427 g/mol. The van der Waals surface area contributed by atoms with Gasteiger partial charge in [-0.15, -0.1) is 10.2 Å². The predicted molar refractivity (Wildman–Crippen MR) is 118 cm³/mol. The maximum Gasteiger partial charge on any atom is 0.254 e. The number of halogens is 1. The Bertz CT molecular complexity index is 1240. The van der Waals surface area contributed by atoms with Gasteiger partial charge in [0.15, 0.2) is 0 Å². The molecule has 0 saturated carbocycles. The fourth-order valence-electron chi connectivity index (χ4n) is 4.24. The van der Waals surface area contributed by atoms with Crippen molar-refractivity contribution in [3.8, 4) is 5.69 Å². The van der Waals surface area contributed by atoms with Gasteiger partial charge in [0.1, 0.15) is 18.5 Å².